The Morgan fingerprint density at radius 1 is 1.40 bits per heavy atom. The van der Waals surface area contributed by atoms with Gasteiger partial charge in [-0.25, -0.2) is 4.98 Å². The SMILES string of the molecule is N#CC(NC(=O)c1cnc(Cl)c(Cl)c1)C1CCCCC1. The van der Waals surface area contributed by atoms with Crippen LogP contribution in [0.1, 0.15) is 42.5 Å². The zero-order chi connectivity index (χ0) is 14.5. The van der Waals surface area contributed by atoms with E-state index in [0.717, 1.165) is 25.7 Å². The molecule has 1 unspecified atom stereocenters. The molecule has 0 spiro atoms. The number of pyridine rings is 1. The van der Waals surface area contributed by atoms with E-state index in [9.17, 15) is 10.1 Å². The van der Waals surface area contributed by atoms with E-state index < -0.39 is 6.04 Å². The van der Waals surface area contributed by atoms with Gasteiger partial charge in [0.05, 0.1) is 16.7 Å². The van der Waals surface area contributed by atoms with Crippen LogP contribution in [0.15, 0.2) is 12.3 Å². The number of rotatable bonds is 3. The summed E-state index contributed by atoms with van der Waals surface area (Å²) in [4.78, 5) is 16.0. The summed E-state index contributed by atoms with van der Waals surface area (Å²) in [5.41, 5.74) is 0.315. The molecule has 0 aromatic carbocycles. The van der Waals surface area contributed by atoms with Gasteiger partial charge in [-0.15, -0.1) is 0 Å². The summed E-state index contributed by atoms with van der Waals surface area (Å²) in [7, 11) is 0. The van der Waals surface area contributed by atoms with Crippen molar-refractivity contribution in [3.05, 3.63) is 28.0 Å². The summed E-state index contributed by atoms with van der Waals surface area (Å²) in [6.07, 6.45) is 6.77. The molecule has 1 amide bonds. The Kier molecular flexibility index (Phi) is 5.22. The standard InChI is InChI=1S/C14H15Cl2N3O/c15-11-6-10(8-18-13(11)16)14(20)19-12(7-17)9-4-2-1-3-5-9/h6,8-9,12H,1-5H2,(H,19,20). The highest BCUT2D eigenvalue weighted by Crippen LogP contribution is 2.26. The van der Waals surface area contributed by atoms with Crippen LogP contribution in [-0.2, 0) is 0 Å². The van der Waals surface area contributed by atoms with Gasteiger partial charge in [-0.1, -0.05) is 42.5 Å². The van der Waals surface area contributed by atoms with Crippen LogP contribution >= 0.6 is 23.2 Å². The van der Waals surface area contributed by atoms with Gasteiger partial charge in [0.2, 0.25) is 0 Å². The number of hydrogen-bond acceptors (Lipinski definition) is 3. The lowest BCUT2D eigenvalue weighted by Gasteiger charge is -2.26. The van der Waals surface area contributed by atoms with Crippen LogP contribution in [0.25, 0.3) is 0 Å². The summed E-state index contributed by atoms with van der Waals surface area (Å²) < 4.78 is 0. The third-order valence-electron chi connectivity index (χ3n) is 3.61. The lowest BCUT2D eigenvalue weighted by Crippen LogP contribution is -2.40. The van der Waals surface area contributed by atoms with Crippen molar-refractivity contribution in [1.82, 2.24) is 10.3 Å². The fourth-order valence-electron chi connectivity index (χ4n) is 2.49. The quantitative estimate of drug-likeness (QED) is 0.867. The minimum absolute atomic E-state index is 0.160. The maximum absolute atomic E-state index is 12.1. The molecule has 0 radical (unpaired) electrons. The summed E-state index contributed by atoms with van der Waals surface area (Å²) in [6, 6.07) is 3.19. The van der Waals surface area contributed by atoms with E-state index in [0.29, 0.717) is 5.56 Å². The predicted molar refractivity (Wildman–Crippen MR) is 77.7 cm³/mol. The fraction of sp³-hybridized carbons (Fsp3) is 0.500. The molecule has 1 fully saturated rings. The van der Waals surface area contributed by atoms with Crippen molar-refractivity contribution in [2.45, 2.75) is 38.1 Å². The number of halogens is 2. The number of hydrogen-bond donors (Lipinski definition) is 1. The Morgan fingerprint density at radius 2 is 2.10 bits per heavy atom. The molecule has 0 aliphatic heterocycles. The zero-order valence-electron chi connectivity index (χ0n) is 10.9. The molecule has 1 aliphatic carbocycles. The Balaban J connectivity index is 2.05. The third-order valence-corrected chi connectivity index (χ3v) is 4.29. The van der Waals surface area contributed by atoms with Crippen molar-refractivity contribution in [1.29, 1.82) is 5.26 Å². The Morgan fingerprint density at radius 3 is 2.70 bits per heavy atom. The van der Waals surface area contributed by atoms with E-state index in [1.54, 1.807) is 0 Å². The third kappa shape index (κ3) is 3.62. The first-order valence-corrected chi connectivity index (χ1v) is 7.39. The Labute approximate surface area is 128 Å². The molecule has 1 aromatic rings. The highest BCUT2D eigenvalue weighted by atomic mass is 35.5. The van der Waals surface area contributed by atoms with Gasteiger partial charge in [-0.05, 0) is 24.8 Å². The van der Waals surface area contributed by atoms with Crippen LogP contribution in [-0.4, -0.2) is 16.9 Å². The molecular formula is C14H15Cl2N3O. The fourth-order valence-corrected chi connectivity index (χ4v) is 2.76. The van der Waals surface area contributed by atoms with Crippen LogP contribution in [0.5, 0.6) is 0 Å². The Bertz CT molecular complexity index is 536. The number of carbonyl (C=O) groups is 1. The number of carbonyl (C=O) groups excluding carboxylic acids is 1. The van der Waals surface area contributed by atoms with E-state index in [1.807, 2.05) is 0 Å². The molecule has 1 saturated carbocycles. The normalized spacial score (nSPS) is 17.2. The van der Waals surface area contributed by atoms with Crippen LogP contribution < -0.4 is 5.32 Å². The van der Waals surface area contributed by atoms with E-state index in [4.69, 9.17) is 23.2 Å². The summed E-state index contributed by atoms with van der Waals surface area (Å²) in [6.45, 7) is 0. The van der Waals surface area contributed by atoms with Gasteiger partial charge >= 0.3 is 0 Å². The van der Waals surface area contributed by atoms with Crippen molar-refractivity contribution < 1.29 is 4.79 Å². The van der Waals surface area contributed by atoms with Crippen molar-refractivity contribution in [3.63, 3.8) is 0 Å². The number of nitriles is 1. The van der Waals surface area contributed by atoms with Gasteiger partial charge in [-0.2, -0.15) is 5.26 Å². The molecule has 0 bridgehead atoms. The maximum atomic E-state index is 12.1. The summed E-state index contributed by atoms with van der Waals surface area (Å²) in [5, 5.41) is 12.4. The minimum atomic E-state index is -0.461. The van der Waals surface area contributed by atoms with Crippen LogP contribution in [0.4, 0.5) is 0 Å². The average Bonchev–Trinajstić information content (AvgIpc) is 2.48. The predicted octanol–water partition coefficient (Wildman–Crippen LogP) is 3.59. The van der Waals surface area contributed by atoms with Crippen molar-refractivity contribution in [2.75, 3.05) is 0 Å². The molecule has 4 nitrogen and oxygen atoms in total. The van der Waals surface area contributed by atoms with E-state index in [2.05, 4.69) is 16.4 Å². The molecule has 1 aliphatic rings. The first kappa shape index (κ1) is 15.1. The maximum Gasteiger partial charge on any atom is 0.253 e. The van der Waals surface area contributed by atoms with Crippen LogP contribution in [0.2, 0.25) is 10.2 Å². The largest absolute Gasteiger partial charge is 0.336 e. The number of amides is 1. The topological polar surface area (TPSA) is 65.8 Å². The molecular weight excluding hydrogens is 297 g/mol. The first-order chi connectivity index (χ1) is 9.61. The first-order valence-electron chi connectivity index (χ1n) is 6.63. The molecule has 1 N–H and O–H groups in total. The van der Waals surface area contributed by atoms with Gasteiger partial charge in [0.15, 0.2) is 0 Å². The number of nitrogens with zero attached hydrogens (tertiary/aromatic N) is 2. The van der Waals surface area contributed by atoms with Gasteiger partial charge < -0.3 is 5.32 Å². The molecule has 106 valence electrons. The van der Waals surface area contributed by atoms with Gasteiger partial charge in [0.1, 0.15) is 11.2 Å². The molecule has 1 atom stereocenters. The summed E-state index contributed by atoms with van der Waals surface area (Å²) in [5.74, 6) is -0.110. The second-order valence-corrected chi connectivity index (χ2v) is 5.74. The molecule has 6 heteroatoms. The monoisotopic (exact) mass is 311 g/mol. The summed E-state index contributed by atoms with van der Waals surface area (Å²) >= 11 is 11.6. The zero-order valence-corrected chi connectivity index (χ0v) is 12.4. The number of nitrogens with one attached hydrogen (secondary N) is 1. The highest BCUT2D eigenvalue weighted by Gasteiger charge is 2.25. The Hall–Kier alpha value is -1.31. The smallest absolute Gasteiger partial charge is 0.253 e. The van der Waals surface area contributed by atoms with Crippen LogP contribution in [0.3, 0.4) is 0 Å². The van der Waals surface area contributed by atoms with Gasteiger partial charge in [-0.3, -0.25) is 4.79 Å². The van der Waals surface area contributed by atoms with Crippen molar-refractivity contribution in [3.8, 4) is 6.07 Å². The minimum Gasteiger partial charge on any atom is -0.336 e. The van der Waals surface area contributed by atoms with Gasteiger partial charge in [0.25, 0.3) is 5.91 Å². The van der Waals surface area contributed by atoms with Crippen molar-refractivity contribution >= 4 is 29.1 Å². The lowest BCUT2D eigenvalue weighted by atomic mass is 9.84. The average molecular weight is 312 g/mol. The highest BCUT2D eigenvalue weighted by molar-refractivity contribution is 6.41. The molecule has 20 heavy (non-hydrogen) atoms. The second-order valence-electron chi connectivity index (χ2n) is 4.97. The van der Waals surface area contributed by atoms with Crippen molar-refractivity contribution in [2.24, 2.45) is 5.92 Å². The second kappa shape index (κ2) is 6.92. The number of aromatic nitrogens is 1. The van der Waals surface area contributed by atoms with E-state index in [-0.39, 0.29) is 22.0 Å². The van der Waals surface area contributed by atoms with Gasteiger partial charge in [0, 0.05) is 6.20 Å². The van der Waals surface area contributed by atoms with E-state index >= 15 is 0 Å². The van der Waals surface area contributed by atoms with E-state index in [1.165, 1.54) is 18.7 Å². The lowest BCUT2D eigenvalue weighted by molar-refractivity contribution is 0.0928. The molecule has 1 heterocycles. The van der Waals surface area contributed by atoms with Crippen LogP contribution in [0, 0.1) is 17.2 Å². The molecule has 2 rings (SSSR count). The molecule has 0 saturated heterocycles. The molecule has 1 aromatic heterocycles.